The smallest absolute Gasteiger partial charge is 0.234 e. The number of primary amides is 1. The van der Waals surface area contributed by atoms with Crippen LogP contribution >= 0.6 is 11.6 Å². The van der Waals surface area contributed by atoms with E-state index in [9.17, 15) is 17.6 Å². The number of rotatable bonds is 5. The standard InChI is InChI=1S/C16H19ClFN5O3S/c1-9-7-23(27(25,26)8-13(19)24)5-4-11(9)14-15(17)22-16(21-14)12-3-2-10(18)6-20-12/h2-3,6,9,11H,4-5,7-8H2,1H3,(H2,19,24)(H,21,22)/t9-,11+/m0/s1. The van der Waals surface area contributed by atoms with E-state index in [1.54, 1.807) is 0 Å². The Morgan fingerprint density at radius 2 is 2.22 bits per heavy atom. The van der Waals surface area contributed by atoms with Gasteiger partial charge in [0.1, 0.15) is 17.3 Å². The summed E-state index contributed by atoms with van der Waals surface area (Å²) in [5.41, 5.74) is 6.17. The maximum absolute atomic E-state index is 13.0. The van der Waals surface area contributed by atoms with Crippen LogP contribution in [0.4, 0.5) is 4.39 Å². The summed E-state index contributed by atoms with van der Waals surface area (Å²) in [4.78, 5) is 22.4. The highest BCUT2D eigenvalue weighted by atomic mass is 35.5. The summed E-state index contributed by atoms with van der Waals surface area (Å²) in [7, 11) is -3.72. The molecule has 11 heteroatoms. The number of carbonyl (C=O) groups is 1. The number of nitrogens with one attached hydrogen (secondary N) is 1. The van der Waals surface area contributed by atoms with Gasteiger partial charge in [-0.25, -0.2) is 27.1 Å². The molecule has 0 aromatic carbocycles. The van der Waals surface area contributed by atoms with Gasteiger partial charge in [0, 0.05) is 19.0 Å². The van der Waals surface area contributed by atoms with Gasteiger partial charge in [0.15, 0.2) is 11.0 Å². The number of hydrogen-bond donors (Lipinski definition) is 2. The second-order valence-electron chi connectivity index (χ2n) is 6.60. The number of aromatic nitrogens is 3. The zero-order valence-corrected chi connectivity index (χ0v) is 16.1. The third-order valence-electron chi connectivity index (χ3n) is 4.61. The molecule has 2 aromatic heterocycles. The summed E-state index contributed by atoms with van der Waals surface area (Å²) in [5.74, 6) is -1.71. The van der Waals surface area contributed by atoms with Crippen molar-refractivity contribution < 1.29 is 17.6 Å². The fourth-order valence-corrected chi connectivity index (χ4v) is 4.97. The number of pyridine rings is 1. The normalized spacial score (nSPS) is 21.3. The van der Waals surface area contributed by atoms with E-state index in [0.717, 1.165) is 6.20 Å². The molecule has 1 aliphatic heterocycles. The van der Waals surface area contributed by atoms with Crippen molar-refractivity contribution in [2.24, 2.45) is 11.7 Å². The van der Waals surface area contributed by atoms with Gasteiger partial charge in [0.05, 0.1) is 11.9 Å². The van der Waals surface area contributed by atoms with E-state index in [1.807, 2.05) is 6.92 Å². The molecular weight excluding hydrogens is 397 g/mol. The van der Waals surface area contributed by atoms with Crippen LogP contribution in [0.25, 0.3) is 11.5 Å². The quantitative estimate of drug-likeness (QED) is 0.766. The van der Waals surface area contributed by atoms with Crippen molar-refractivity contribution in [2.75, 3.05) is 18.8 Å². The van der Waals surface area contributed by atoms with Crippen molar-refractivity contribution in [2.45, 2.75) is 19.3 Å². The molecule has 0 radical (unpaired) electrons. The molecule has 27 heavy (non-hydrogen) atoms. The van der Waals surface area contributed by atoms with Crippen molar-refractivity contribution in [1.29, 1.82) is 0 Å². The average Bonchev–Trinajstić information content (AvgIpc) is 2.96. The highest BCUT2D eigenvalue weighted by molar-refractivity contribution is 7.89. The molecule has 146 valence electrons. The minimum Gasteiger partial charge on any atom is -0.369 e. The first-order valence-electron chi connectivity index (χ1n) is 8.31. The fourth-order valence-electron chi connectivity index (χ4n) is 3.31. The van der Waals surface area contributed by atoms with Crippen molar-refractivity contribution in [3.8, 4) is 11.5 Å². The number of carbonyl (C=O) groups excluding carboxylic acids is 1. The SMILES string of the molecule is C[C@H]1CN(S(=O)(=O)CC(N)=O)CC[C@H]1c1[nH]c(-c2ccc(F)cn2)nc1Cl. The van der Waals surface area contributed by atoms with E-state index in [4.69, 9.17) is 17.3 Å². The zero-order chi connectivity index (χ0) is 19.8. The fraction of sp³-hybridized carbons (Fsp3) is 0.438. The molecule has 3 rings (SSSR count). The number of imidazole rings is 1. The lowest BCUT2D eigenvalue weighted by atomic mass is 9.86. The molecule has 1 aliphatic rings. The van der Waals surface area contributed by atoms with Gasteiger partial charge in [-0.1, -0.05) is 18.5 Å². The second kappa shape index (κ2) is 7.53. The summed E-state index contributed by atoms with van der Waals surface area (Å²) < 4.78 is 38.7. The van der Waals surface area contributed by atoms with E-state index in [1.165, 1.54) is 16.4 Å². The Labute approximate surface area is 161 Å². The summed E-state index contributed by atoms with van der Waals surface area (Å²) >= 11 is 6.28. The number of halogens is 2. The van der Waals surface area contributed by atoms with Gasteiger partial charge in [-0.15, -0.1) is 0 Å². The molecule has 0 spiro atoms. The lowest BCUT2D eigenvalue weighted by Crippen LogP contribution is -2.45. The van der Waals surface area contributed by atoms with Crippen LogP contribution in [-0.4, -0.2) is 52.4 Å². The number of H-pyrrole nitrogens is 1. The number of aromatic amines is 1. The van der Waals surface area contributed by atoms with Crippen LogP contribution in [0.1, 0.15) is 25.0 Å². The topological polar surface area (TPSA) is 122 Å². The first kappa shape index (κ1) is 19.7. The maximum atomic E-state index is 13.0. The van der Waals surface area contributed by atoms with Crippen LogP contribution in [0.5, 0.6) is 0 Å². The Bertz CT molecular complexity index is 947. The van der Waals surface area contributed by atoms with Gasteiger partial charge < -0.3 is 10.7 Å². The average molecular weight is 416 g/mol. The monoisotopic (exact) mass is 415 g/mol. The minimum atomic E-state index is -3.72. The highest BCUT2D eigenvalue weighted by Crippen LogP contribution is 2.37. The van der Waals surface area contributed by atoms with Crippen molar-refractivity contribution in [1.82, 2.24) is 19.3 Å². The molecule has 1 fully saturated rings. The largest absolute Gasteiger partial charge is 0.369 e. The molecule has 8 nitrogen and oxygen atoms in total. The molecule has 0 aliphatic carbocycles. The molecule has 3 heterocycles. The predicted octanol–water partition coefficient (Wildman–Crippen LogP) is 1.50. The van der Waals surface area contributed by atoms with Crippen LogP contribution in [0.15, 0.2) is 18.3 Å². The molecule has 0 unspecified atom stereocenters. The van der Waals surface area contributed by atoms with Gasteiger partial charge in [-0.05, 0) is 24.5 Å². The van der Waals surface area contributed by atoms with E-state index in [-0.39, 0.29) is 30.1 Å². The predicted molar refractivity (Wildman–Crippen MR) is 97.9 cm³/mol. The van der Waals surface area contributed by atoms with Crippen molar-refractivity contribution in [3.63, 3.8) is 0 Å². The molecule has 0 bridgehead atoms. The third kappa shape index (κ3) is 4.28. The summed E-state index contributed by atoms with van der Waals surface area (Å²) in [6, 6.07) is 2.78. The molecular formula is C16H19ClFN5O3S. The number of hydrogen-bond acceptors (Lipinski definition) is 5. The van der Waals surface area contributed by atoms with Crippen LogP contribution in [0, 0.1) is 11.7 Å². The molecule has 2 aromatic rings. The highest BCUT2D eigenvalue weighted by Gasteiger charge is 2.35. The number of piperidine rings is 1. The number of nitrogens with zero attached hydrogens (tertiary/aromatic N) is 3. The van der Waals surface area contributed by atoms with Gasteiger partial charge in [0.2, 0.25) is 15.9 Å². The first-order valence-corrected chi connectivity index (χ1v) is 10.3. The Balaban J connectivity index is 1.79. The first-order chi connectivity index (χ1) is 12.7. The molecule has 2 atom stereocenters. The molecule has 0 saturated carbocycles. The van der Waals surface area contributed by atoms with Gasteiger partial charge in [-0.2, -0.15) is 0 Å². The number of amides is 1. The summed E-state index contributed by atoms with van der Waals surface area (Å²) in [6.45, 7) is 2.41. The van der Waals surface area contributed by atoms with Crippen LogP contribution in [0.3, 0.4) is 0 Å². The van der Waals surface area contributed by atoms with Crippen LogP contribution in [0.2, 0.25) is 5.15 Å². The molecule has 1 saturated heterocycles. The molecule has 3 N–H and O–H groups in total. The van der Waals surface area contributed by atoms with Crippen LogP contribution < -0.4 is 5.73 Å². The van der Waals surface area contributed by atoms with E-state index >= 15 is 0 Å². The lowest BCUT2D eigenvalue weighted by Gasteiger charge is -2.35. The van der Waals surface area contributed by atoms with E-state index < -0.39 is 27.5 Å². The Morgan fingerprint density at radius 3 is 2.81 bits per heavy atom. The van der Waals surface area contributed by atoms with Crippen molar-refractivity contribution in [3.05, 3.63) is 35.0 Å². The Hall–Kier alpha value is -2.04. The third-order valence-corrected chi connectivity index (χ3v) is 6.67. The summed E-state index contributed by atoms with van der Waals surface area (Å²) in [6.07, 6.45) is 1.60. The Kier molecular flexibility index (Phi) is 5.50. The van der Waals surface area contributed by atoms with Gasteiger partial charge in [0.25, 0.3) is 0 Å². The van der Waals surface area contributed by atoms with Gasteiger partial charge >= 0.3 is 0 Å². The second-order valence-corrected chi connectivity index (χ2v) is 8.93. The van der Waals surface area contributed by atoms with E-state index in [2.05, 4.69) is 15.0 Å². The summed E-state index contributed by atoms with van der Waals surface area (Å²) in [5, 5.41) is 0.279. The minimum absolute atomic E-state index is 0.0424. The van der Waals surface area contributed by atoms with Crippen LogP contribution in [-0.2, 0) is 14.8 Å². The zero-order valence-electron chi connectivity index (χ0n) is 14.5. The van der Waals surface area contributed by atoms with Crippen molar-refractivity contribution >= 4 is 27.5 Å². The Morgan fingerprint density at radius 1 is 1.48 bits per heavy atom. The van der Waals surface area contributed by atoms with Gasteiger partial charge in [-0.3, -0.25) is 4.79 Å². The molecule has 1 amide bonds. The number of sulfonamides is 1. The van der Waals surface area contributed by atoms with E-state index in [0.29, 0.717) is 23.6 Å². The lowest BCUT2D eigenvalue weighted by molar-refractivity contribution is -0.115. The number of nitrogens with two attached hydrogens (primary N) is 1. The maximum Gasteiger partial charge on any atom is 0.234 e.